The standard InChI is InChI=1S/C28H32FN5O8S2/c1-16(2)25(26(36)32-23(27(37)38)9-17-3-5-19(6-4-17)42-21(11-29)14-35)34-13-18(12-31-34)15-41-20-7-8-22-24(10-20)43-28(33-22)44(30,39)40/h3-8,10,12-13,16,21,23,25,35H,9,11,14-15H2,1-2H3,(H,32,36)(H,37,38)(H2,30,39,40)/t21?,23-,25?/m0/s1. The molecule has 5 N–H and O–H groups in total. The Morgan fingerprint density at radius 2 is 1.84 bits per heavy atom. The summed E-state index contributed by atoms with van der Waals surface area (Å²) in [6.07, 6.45) is 2.17. The number of fused-ring (bicyclic) bond motifs is 1. The van der Waals surface area contributed by atoms with Crippen LogP contribution < -0.4 is 19.9 Å². The molecule has 1 amide bonds. The fourth-order valence-electron chi connectivity index (χ4n) is 4.30. The number of nitrogens with one attached hydrogen (secondary N) is 1. The van der Waals surface area contributed by atoms with Crippen LogP contribution in [0.2, 0.25) is 0 Å². The summed E-state index contributed by atoms with van der Waals surface area (Å²) in [5, 5.41) is 31.0. The average Bonchev–Trinajstić information content (AvgIpc) is 3.62. The maximum absolute atomic E-state index is 13.3. The van der Waals surface area contributed by atoms with Crippen LogP contribution in [0.1, 0.15) is 31.0 Å². The Bertz CT molecular complexity index is 1700. The Kier molecular flexibility index (Phi) is 10.5. The highest BCUT2D eigenvalue weighted by Crippen LogP contribution is 2.29. The molecular formula is C28H32FN5O8S2. The number of sulfonamides is 1. The van der Waals surface area contributed by atoms with Crippen LogP contribution in [0.25, 0.3) is 10.2 Å². The highest BCUT2D eigenvalue weighted by Gasteiger charge is 2.29. The summed E-state index contributed by atoms with van der Waals surface area (Å²) in [7, 11) is -3.92. The van der Waals surface area contributed by atoms with Gasteiger partial charge in [-0.3, -0.25) is 9.48 Å². The molecule has 2 aromatic carbocycles. The van der Waals surface area contributed by atoms with Crippen LogP contribution in [-0.4, -0.2) is 70.7 Å². The lowest BCUT2D eigenvalue weighted by molar-refractivity contribution is -0.142. The molecule has 13 nitrogen and oxygen atoms in total. The van der Waals surface area contributed by atoms with Crippen LogP contribution in [0.5, 0.6) is 11.5 Å². The number of halogens is 1. The van der Waals surface area contributed by atoms with Crippen molar-refractivity contribution in [1.29, 1.82) is 0 Å². The first-order valence-electron chi connectivity index (χ1n) is 13.4. The Balaban J connectivity index is 1.40. The molecule has 2 aromatic heterocycles. The molecule has 2 heterocycles. The fourth-order valence-corrected chi connectivity index (χ4v) is 5.99. The van der Waals surface area contributed by atoms with E-state index in [1.54, 1.807) is 36.5 Å². The topological polar surface area (TPSA) is 196 Å². The van der Waals surface area contributed by atoms with Gasteiger partial charge in [0.25, 0.3) is 10.0 Å². The number of carbonyl (C=O) groups excluding carboxylic acids is 1. The zero-order chi connectivity index (χ0) is 32.0. The van der Waals surface area contributed by atoms with Crippen LogP contribution in [0, 0.1) is 5.92 Å². The van der Waals surface area contributed by atoms with Gasteiger partial charge in [-0.15, -0.1) is 11.3 Å². The van der Waals surface area contributed by atoms with Crippen molar-refractivity contribution in [3.8, 4) is 11.5 Å². The molecule has 0 aliphatic heterocycles. The van der Waals surface area contributed by atoms with Crippen molar-refractivity contribution in [3.05, 3.63) is 66.0 Å². The van der Waals surface area contributed by atoms with Gasteiger partial charge >= 0.3 is 5.97 Å². The van der Waals surface area contributed by atoms with Crippen LogP contribution >= 0.6 is 11.3 Å². The molecule has 0 radical (unpaired) electrons. The molecule has 0 fully saturated rings. The van der Waals surface area contributed by atoms with Crippen molar-refractivity contribution >= 4 is 43.5 Å². The smallest absolute Gasteiger partial charge is 0.326 e. The van der Waals surface area contributed by atoms with Gasteiger partial charge < -0.3 is 25.0 Å². The third-order valence-electron chi connectivity index (χ3n) is 6.49. The number of alkyl halides is 1. The van der Waals surface area contributed by atoms with Gasteiger partial charge in [0.1, 0.15) is 43.0 Å². The summed E-state index contributed by atoms with van der Waals surface area (Å²) in [4.78, 5) is 29.4. The number of aliphatic carboxylic acids is 1. The number of nitrogens with zero attached hydrogens (tertiary/aromatic N) is 3. The number of carbonyl (C=O) groups is 2. The molecule has 3 atom stereocenters. The van der Waals surface area contributed by atoms with Gasteiger partial charge in [0.05, 0.1) is 23.0 Å². The van der Waals surface area contributed by atoms with E-state index >= 15 is 0 Å². The number of aromatic nitrogens is 3. The molecule has 0 spiro atoms. The molecule has 4 rings (SSSR count). The summed E-state index contributed by atoms with van der Waals surface area (Å²) in [5.74, 6) is -1.21. The van der Waals surface area contributed by atoms with Gasteiger partial charge in [0.2, 0.25) is 10.2 Å². The summed E-state index contributed by atoms with van der Waals surface area (Å²) >= 11 is 0.933. The number of carboxylic acids is 1. The molecule has 2 unspecified atom stereocenters. The first kappa shape index (κ1) is 32.8. The highest BCUT2D eigenvalue weighted by molar-refractivity contribution is 7.91. The number of aliphatic hydroxyl groups is 1. The predicted octanol–water partition coefficient (Wildman–Crippen LogP) is 2.44. The van der Waals surface area contributed by atoms with Crippen LogP contribution in [-0.2, 0) is 32.6 Å². The number of primary sulfonamides is 1. The number of nitrogens with two attached hydrogens (primary N) is 1. The van der Waals surface area contributed by atoms with Gasteiger partial charge in [0.15, 0.2) is 0 Å². The molecule has 4 aromatic rings. The molecule has 44 heavy (non-hydrogen) atoms. The highest BCUT2D eigenvalue weighted by atomic mass is 32.2. The van der Waals surface area contributed by atoms with Gasteiger partial charge in [0, 0.05) is 18.2 Å². The Hall–Kier alpha value is -4.12. The molecule has 0 saturated heterocycles. The summed E-state index contributed by atoms with van der Waals surface area (Å²) in [5.41, 5.74) is 1.72. The van der Waals surface area contributed by atoms with Crippen molar-refractivity contribution in [1.82, 2.24) is 20.1 Å². The van der Waals surface area contributed by atoms with Crippen LogP contribution in [0.4, 0.5) is 4.39 Å². The van der Waals surface area contributed by atoms with Crippen LogP contribution in [0.3, 0.4) is 0 Å². The number of hydrogen-bond acceptors (Lipinski definition) is 10. The van der Waals surface area contributed by atoms with Crippen molar-refractivity contribution in [2.75, 3.05) is 13.3 Å². The maximum Gasteiger partial charge on any atom is 0.326 e. The molecule has 236 valence electrons. The zero-order valence-electron chi connectivity index (χ0n) is 23.8. The summed E-state index contributed by atoms with van der Waals surface area (Å²) in [6.45, 7) is 2.38. The number of carboxylic acid groups (broad SMARTS) is 1. The van der Waals surface area contributed by atoms with E-state index in [2.05, 4.69) is 15.4 Å². The minimum atomic E-state index is -3.92. The second-order valence-electron chi connectivity index (χ2n) is 10.3. The Morgan fingerprint density at radius 1 is 1.14 bits per heavy atom. The average molecular weight is 650 g/mol. The second kappa shape index (κ2) is 14.1. The number of hydrogen-bond donors (Lipinski definition) is 4. The number of amides is 1. The van der Waals surface area contributed by atoms with E-state index in [0.717, 1.165) is 11.3 Å². The quantitative estimate of drug-likeness (QED) is 0.148. The minimum Gasteiger partial charge on any atom is -0.489 e. The van der Waals surface area contributed by atoms with Crippen molar-refractivity contribution in [2.45, 2.75) is 49.4 Å². The van der Waals surface area contributed by atoms with Crippen molar-refractivity contribution in [2.24, 2.45) is 11.1 Å². The fraction of sp³-hybridized carbons (Fsp3) is 0.357. The zero-order valence-corrected chi connectivity index (χ0v) is 25.4. The van der Waals surface area contributed by atoms with Crippen LogP contribution in [0.15, 0.2) is 59.2 Å². The molecule has 16 heteroatoms. The molecular weight excluding hydrogens is 617 g/mol. The molecule has 0 aliphatic carbocycles. The third kappa shape index (κ3) is 8.28. The minimum absolute atomic E-state index is 0.0142. The maximum atomic E-state index is 13.3. The van der Waals surface area contributed by atoms with E-state index in [4.69, 9.17) is 19.7 Å². The summed E-state index contributed by atoms with van der Waals surface area (Å²) in [6, 6.07) is 9.16. The second-order valence-corrected chi connectivity index (χ2v) is 13.1. The SMILES string of the molecule is CC(C)C(C(=O)N[C@@H](Cc1ccc(OC(CO)CF)cc1)C(=O)O)n1cc(COc2ccc3nc(S(N)(=O)=O)sc3c2)cn1. The van der Waals surface area contributed by atoms with E-state index in [9.17, 15) is 27.5 Å². The monoisotopic (exact) mass is 649 g/mol. The van der Waals surface area contributed by atoms with Crippen molar-refractivity contribution in [3.63, 3.8) is 0 Å². The third-order valence-corrected chi connectivity index (χ3v) is 8.82. The Morgan fingerprint density at radius 3 is 2.45 bits per heavy atom. The lowest BCUT2D eigenvalue weighted by Gasteiger charge is -2.23. The molecule has 0 bridgehead atoms. The number of aliphatic hydroxyl groups excluding tert-OH is 1. The largest absolute Gasteiger partial charge is 0.489 e. The van der Waals surface area contributed by atoms with Gasteiger partial charge in [-0.1, -0.05) is 26.0 Å². The Labute approximate surface area is 256 Å². The summed E-state index contributed by atoms with van der Waals surface area (Å²) < 4.78 is 49.0. The van der Waals surface area contributed by atoms with Gasteiger partial charge in [-0.05, 0) is 41.8 Å². The molecule has 0 saturated carbocycles. The van der Waals surface area contributed by atoms with E-state index in [-0.39, 0.29) is 23.3 Å². The first-order chi connectivity index (χ1) is 20.9. The van der Waals surface area contributed by atoms with E-state index in [0.29, 0.717) is 32.8 Å². The van der Waals surface area contributed by atoms with Gasteiger partial charge in [-0.25, -0.2) is 27.7 Å². The van der Waals surface area contributed by atoms with E-state index in [1.165, 1.54) is 23.0 Å². The predicted molar refractivity (Wildman–Crippen MR) is 159 cm³/mol. The lowest BCUT2D eigenvalue weighted by atomic mass is 10.0. The number of thiazole rings is 1. The number of rotatable bonds is 15. The van der Waals surface area contributed by atoms with Gasteiger partial charge in [-0.2, -0.15) is 5.10 Å². The normalized spacial score (nSPS) is 13.9. The first-order valence-corrected chi connectivity index (χ1v) is 15.8. The van der Waals surface area contributed by atoms with E-state index in [1.807, 2.05) is 13.8 Å². The number of ether oxygens (including phenoxy) is 2. The van der Waals surface area contributed by atoms with E-state index < -0.39 is 53.4 Å². The number of benzene rings is 2. The lowest BCUT2D eigenvalue weighted by Crippen LogP contribution is -2.46. The van der Waals surface area contributed by atoms with Crippen molar-refractivity contribution < 1.29 is 42.1 Å². The molecule has 0 aliphatic rings.